The van der Waals surface area contributed by atoms with Crippen molar-refractivity contribution in [2.24, 2.45) is 7.05 Å². The first-order valence-corrected chi connectivity index (χ1v) is 6.74. The summed E-state index contributed by atoms with van der Waals surface area (Å²) < 4.78 is 4.24. The van der Waals surface area contributed by atoms with Gasteiger partial charge in [-0.3, -0.25) is 0 Å². The van der Waals surface area contributed by atoms with Gasteiger partial charge >= 0.3 is 0 Å². The minimum absolute atomic E-state index is 0.901. The van der Waals surface area contributed by atoms with E-state index in [1.165, 1.54) is 4.88 Å². The van der Waals surface area contributed by atoms with Crippen LogP contribution >= 0.6 is 11.3 Å². The van der Waals surface area contributed by atoms with Crippen molar-refractivity contribution in [2.75, 3.05) is 0 Å². The summed E-state index contributed by atoms with van der Waals surface area (Å²) in [5.41, 5.74) is 0. The Bertz CT molecular complexity index is 621. The Labute approximate surface area is 110 Å². The molecule has 5 heteroatoms. The molecule has 0 aliphatic rings. The van der Waals surface area contributed by atoms with E-state index in [4.69, 9.17) is 0 Å². The van der Waals surface area contributed by atoms with Gasteiger partial charge in [-0.15, -0.1) is 11.3 Å². The number of aromatic nitrogens is 4. The zero-order valence-electron chi connectivity index (χ0n) is 10.2. The molecule has 0 saturated carbocycles. The maximum absolute atomic E-state index is 4.43. The van der Waals surface area contributed by atoms with Gasteiger partial charge in [0.05, 0.1) is 4.88 Å². The molecule has 0 radical (unpaired) electrons. The van der Waals surface area contributed by atoms with Crippen LogP contribution in [0.2, 0.25) is 0 Å². The summed E-state index contributed by atoms with van der Waals surface area (Å²) in [6.07, 6.45) is 8.61. The lowest BCUT2D eigenvalue weighted by Crippen LogP contribution is -2.06. The van der Waals surface area contributed by atoms with E-state index in [1.54, 1.807) is 11.3 Å². The van der Waals surface area contributed by atoms with Crippen LogP contribution in [0.5, 0.6) is 0 Å². The zero-order chi connectivity index (χ0) is 12.4. The first-order valence-electron chi connectivity index (χ1n) is 5.86. The lowest BCUT2D eigenvalue weighted by molar-refractivity contribution is 0.656. The highest BCUT2D eigenvalue weighted by Gasteiger charge is 2.07. The topological polar surface area (TPSA) is 35.6 Å². The largest absolute Gasteiger partial charge is 0.338 e. The first kappa shape index (κ1) is 11.2. The number of hydrogen-bond donors (Lipinski definition) is 0. The number of nitrogens with zero attached hydrogens (tertiary/aromatic N) is 4. The number of aryl methyl sites for hydroxylation is 3. The quantitative estimate of drug-likeness (QED) is 0.721. The van der Waals surface area contributed by atoms with Gasteiger partial charge in [-0.05, 0) is 11.4 Å². The Kier molecular flexibility index (Phi) is 2.98. The van der Waals surface area contributed by atoms with Crippen LogP contribution in [-0.2, 0) is 20.0 Å². The van der Waals surface area contributed by atoms with Crippen molar-refractivity contribution in [2.45, 2.75) is 13.0 Å². The molecule has 0 fully saturated rings. The molecule has 0 amide bonds. The van der Waals surface area contributed by atoms with Gasteiger partial charge in [0.1, 0.15) is 11.6 Å². The molecule has 0 aliphatic heterocycles. The molecule has 0 atom stereocenters. The first-order chi connectivity index (χ1) is 8.84. The smallest absolute Gasteiger partial charge is 0.149 e. The maximum atomic E-state index is 4.43. The van der Waals surface area contributed by atoms with Crippen LogP contribution in [0.4, 0.5) is 0 Å². The second kappa shape index (κ2) is 4.78. The molecule has 4 nitrogen and oxygen atoms in total. The Morgan fingerprint density at radius 2 is 2.11 bits per heavy atom. The van der Waals surface area contributed by atoms with Crippen LogP contribution in [0.1, 0.15) is 5.82 Å². The summed E-state index contributed by atoms with van der Waals surface area (Å²) in [7, 11) is 2.02. The summed E-state index contributed by atoms with van der Waals surface area (Å²) in [4.78, 5) is 9.97. The molecule has 0 saturated heterocycles. The molecule has 0 bridgehead atoms. The lowest BCUT2D eigenvalue weighted by atomic mass is 10.3. The van der Waals surface area contributed by atoms with Gasteiger partial charge in [0.15, 0.2) is 0 Å². The van der Waals surface area contributed by atoms with E-state index in [0.717, 1.165) is 24.6 Å². The van der Waals surface area contributed by atoms with E-state index in [-0.39, 0.29) is 0 Å². The molecule has 3 aromatic rings. The second-order valence-electron chi connectivity index (χ2n) is 4.13. The summed E-state index contributed by atoms with van der Waals surface area (Å²) in [5, 5.41) is 2.08. The van der Waals surface area contributed by atoms with Crippen LogP contribution < -0.4 is 0 Å². The van der Waals surface area contributed by atoms with E-state index in [1.807, 2.05) is 31.8 Å². The van der Waals surface area contributed by atoms with E-state index in [2.05, 4.69) is 36.6 Å². The predicted octanol–water partition coefficient (Wildman–Crippen LogP) is 2.59. The molecule has 3 heterocycles. The molecule has 0 aliphatic carbocycles. The van der Waals surface area contributed by atoms with Crippen molar-refractivity contribution in [3.8, 4) is 10.7 Å². The third-order valence-electron chi connectivity index (χ3n) is 2.95. The van der Waals surface area contributed by atoms with Gasteiger partial charge in [0, 0.05) is 44.8 Å². The van der Waals surface area contributed by atoms with Crippen LogP contribution in [0.15, 0.2) is 42.3 Å². The van der Waals surface area contributed by atoms with Crippen LogP contribution in [0.3, 0.4) is 0 Å². The predicted molar refractivity (Wildman–Crippen MR) is 72.5 cm³/mol. The molecule has 0 aromatic carbocycles. The highest BCUT2D eigenvalue weighted by atomic mass is 32.1. The standard InChI is InChI=1S/C13H14N4S/c1-16-8-5-14-12(16)4-7-17-9-6-15-13(17)11-3-2-10-18-11/h2-3,5-6,8-10H,4,7H2,1H3. The summed E-state index contributed by atoms with van der Waals surface area (Å²) in [5.74, 6) is 2.14. The molecule has 3 rings (SSSR count). The fraction of sp³-hybridized carbons (Fsp3) is 0.231. The van der Waals surface area contributed by atoms with Gasteiger partial charge in [-0.25, -0.2) is 9.97 Å². The van der Waals surface area contributed by atoms with E-state index in [0.29, 0.717) is 0 Å². The molecule has 3 aromatic heterocycles. The van der Waals surface area contributed by atoms with E-state index < -0.39 is 0 Å². The number of thiophene rings is 1. The van der Waals surface area contributed by atoms with Crippen molar-refractivity contribution in [3.63, 3.8) is 0 Å². The Hall–Kier alpha value is -1.88. The van der Waals surface area contributed by atoms with Crippen LogP contribution in [-0.4, -0.2) is 19.1 Å². The lowest BCUT2D eigenvalue weighted by Gasteiger charge is -2.06. The van der Waals surface area contributed by atoms with Crippen molar-refractivity contribution in [1.82, 2.24) is 19.1 Å². The minimum atomic E-state index is 0.901. The van der Waals surface area contributed by atoms with Gasteiger partial charge in [-0.1, -0.05) is 6.07 Å². The van der Waals surface area contributed by atoms with Gasteiger partial charge < -0.3 is 9.13 Å². The number of imidazole rings is 2. The fourth-order valence-electron chi connectivity index (χ4n) is 1.98. The molecular formula is C13H14N4S. The molecular weight excluding hydrogens is 244 g/mol. The van der Waals surface area contributed by atoms with Crippen molar-refractivity contribution >= 4 is 11.3 Å². The van der Waals surface area contributed by atoms with Gasteiger partial charge in [0.25, 0.3) is 0 Å². The molecule has 92 valence electrons. The third kappa shape index (κ3) is 2.09. The molecule has 0 N–H and O–H groups in total. The summed E-state index contributed by atoms with van der Waals surface area (Å²) >= 11 is 1.72. The third-order valence-corrected chi connectivity index (χ3v) is 3.82. The highest BCUT2D eigenvalue weighted by Crippen LogP contribution is 2.22. The average molecular weight is 258 g/mol. The van der Waals surface area contributed by atoms with Crippen molar-refractivity contribution in [3.05, 3.63) is 48.1 Å². The average Bonchev–Trinajstić information content (AvgIpc) is 3.07. The molecule has 18 heavy (non-hydrogen) atoms. The van der Waals surface area contributed by atoms with Gasteiger partial charge in [-0.2, -0.15) is 0 Å². The normalized spacial score (nSPS) is 10.9. The SMILES string of the molecule is Cn1ccnc1CCn1ccnc1-c1cccs1. The molecule has 0 spiro atoms. The van der Waals surface area contributed by atoms with E-state index >= 15 is 0 Å². The minimum Gasteiger partial charge on any atom is -0.338 e. The second-order valence-corrected chi connectivity index (χ2v) is 5.07. The monoisotopic (exact) mass is 258 g/mol. The van der Waals surface area contributed by atoms with Crippen LogP contribution in [0.25, 0.3) is 10.7 Å². The number of hydrogen-bond acceptors (Lipinski definition) is 3. The maximum Gasteiger partial charge on any atom is 0.149 e. The van der Waals surface area contributed by atoms with Crippen molar-refractivity contribution < 1.29 is 0 Å². The highest BCUT2D eigenvalue weighted by molar-refractivity contribution is 7.13. The fourth-order valence-corrected chi connectivity index (χ4v) is 2.71. The van der Waals surface area contributed by atoms with E-state index in [9.17, 15) is 0 Å². The molecule has 0 unspecified atom stereocenters. The Morgan fingerprint density at radius 1 is 1.22 bits per heavy atom. The van der Waals surface area contributed by atoms with Crippen LogP contribution in [0, 0.1) is 0 Å². The summed E-state index contributed by atoms with van der Waals surface area (Å²) in [6, 6.07) is 4.15. The van der Waals surface area contributed by atoms with Crippen molar-refractivity contribution in [1.29, 1.82) is 0 Å². The Morgan fingerprint density at radius 3 is 2.83 bits per heavy atom. The Balaban J connectivity index is 1.78. The number of rotatable bonds is 4. The van der Waals surface area contributed by atoms with Gasteiger partial charge in [0.2, 0.25) is 0 Å². The zero-order valence-corrected chi connectivity index (χ0v) is 11.0. The summed E-state index contributed by atoms with van der Waals surface area (Å²) in [6.45, 7) is 0.901.